The molecular formula is C30H39N3O4. The molecule has 37 heavy (non-hydrogen) atoms. The second-order valence-corrected chi connectivity index (χ2v) is 10.1. The van der Waals surface area contributed by atoms with E-state index in [1.165, 1.54) is 0 Å². The van der Waals surface area contributed by atoms with Gasteiger partial charge < -0.3 is 20.7 Å². The van der Waals surface area contributed by atoms with Crippen molar-refractivity contribution in [1.82, 2.24) is 10.2 Å². The van der Waals surface area contributed by atoms with E-state index in [4.69, 9.17) is 10.5 Å². The molecule has 1 fully saturated rings. The molecule has 3 rings (SSSR count). The Morgan fingerprint density at radius 1 is 1.11 bits per heavy atom. The number of hydrogen-bond acceptors (Lipinski definition) is 4. The highest BCUT2D eigenvalue weighted by atomic mass is 16.5. The first-order valence-electron chi connectivity index (χ1n) is 13.1. The van der Waals surface area contributed by atoms with Crippen LogP contribution in [0.1, 0.15) is 51.5 Å². The average Bonchev–Trinajstić information content (AvgIpc) is 3.03. The van der Waals surface area contributed by atoms with E-state index >= 15 is 0 Å². The van der Waals surface area contributed by atoms with Crippen molar-refractivity contribution in [3.63, 3.8) is 0 Å². The smallest absolute Gasteiger partial charge is 0.245 e. The maximum Gasteiger partial charge on any atom is 0.245 e. The number of allylic oxidation sites excluding steroid dienone is 1. The topological polar surface area (TPSA) is 102 Å². The first kappa shape index (κ1) is 28.0. The number of nitrogens with two attached hydrogens (primary N) is 1. The molecule has 0 radical (unpaired) electrons. The van der Waals surface area contributed by atoms with Crippen molar-refractivity contribution in [3.8, 4) is 11.5 Å². The molecule has 0 saturated carbocycles. The molecule has 0 aliphatic carbocycles. The van der Waals surface area contributed by atoms with E-state index in [-0.39, 0.29) is 17.7 Å². The Morgan fingerprint density at radius 2 is 1.84 bits per heavy atom. The fourth-order valence-corrected chi connectivity index (χ4v) is 4.85. The van der Waals surface area contributed by atoms with E-state index in [2.05, 4.69) is 11.9 Å². The second-order valence-electron chi connectivity index (χ2n) is 10.1. The predicted octanol–water partition coefficient (Wildman–Crippen LogP) is 4.82. The summed E-state index contributed by atoms with van der Waals surface area (Å²) in [6, 6.07) is 16.6. The van der Waals surface area contributed by atoms with Gasteiger partial charge in [-0.1, -0.05) is 50.3 Å². The number of para-hydroxylation sites is 1. The highest BCUT2D eigenvalue weighted by Crippen LogP contribution is 2.26. The molecule has 1 saturated heterocycles. The van der Waals surface area contributed by atoms with Gasteiger partial charge in [0.05, 0.1) is 11.8 Å². The summed E-state index contributed by atoms with van der Waals surface area (Å²) in [5.74, 6) is -0.542. The number of amides is 3. The van der Waals surface area contributed by atoms with E-state index in [1.54, 1.807) is 11.0 Å². The molecule has 7 nitrogen and oxygen atoms in total. The minimum atomic E-state index is -0.649. The Bertz CT molecular complexity index is 1070. The number of ether oxygens (including phenoxy) is 1. The van der Waals surface area contributed by atoms with Crippen molar-refractivity contribution in [1.29, 1.82) is 0 Å². The molecule has 3 amide bonds. The Kier molecular flexibility index (Phi) is 10.3. The van der Waals surface area contributed by atoms with E-state index in [1.807, 2.05) is 68.4 Å². The standard InChI is InChI=1S/C30H39N3O4/c1-4-11-25(28(31)34)26(18-21(2)3)29(35)32-27-16-8-9-17-33(30(27)36)20-22-12-10-15-24(19-22)37-23-13-6-5-7-14-23/h4-7,10,12-15,19,21,25-27H,1,8-9,11,16-18,20H2,2-3H3,(H2,31,34)(H,32,35)/t25-,26?,27?/m0/s1. The van der Waals surface area contributed by atoms with Gasteiger partial charge in [0.2, 0.25) is 17.7 Å². The number of carbonyl (C=O) groups is 3. The molecule has 2 unspecified atom stereocenters. The first-order valence-corrected chi connectivity index (χ1v) is 13.1. The molecule has 3 atom stereocenters. The largest absolute Gasteiger partial charge is 0.457 e. The zero-order valence-corrected chi connectivity index (χ0v) is 21.9. The molecule has 0 spiro atoms. The molecule has 198 valence electrons. The lowest BCUT2D eigenvalue weighted by Gasteiger charge is -2.29. The lowest BCUT2D eigenvalue weighted by Crippen LogP contribution is -2.50. The van der Waals surface area contributed by atoms with Crippen LogP contribution in [0, 0.1) is 17.8 Å². The lowest BCUT2D eigenvalue weighted by molar-refractivity contribution is -0.139. The number of carbonyl (C=O) groups excluding carboxylic acids is 3. The van der Waals surface area contributed by atoms with Gasteiger partial charge in [-0.3, -0.25) is 14.4 Å². The van der Waals surface area contributed by atoms with Crippen LogP contribution in [0.3, 0.4) is 0 Å². The molecule has 7 heteroatoms. The predicted molar refractivity (Wildman–Crippen MR) is 145 cm³/mol. The SMILES string of the molecule is C=CC[C@H](C(N)=O)C(CC(C)C)C(=O)NC1CCCCN(Cc2cccc(Oc3ccccc3)c2)C1=O. The number of nitrogens with one attached hydrogen (secondary N) is 1. The van der Waals surface area contributed by atoms with Gasteiger partial charge >= 0.3 is 0 Å². The Labute approximate surface area is 220 Å². The van der Waals surface area contributed by atoms with Crippen LogP contribution in [-0.4, -0.2) is 35.2 Å². The van der Waals surface area contributed by atoms with E-state index < -0.39 is 23.8 Å². The first-order chi connectivity index (χ1) is 17.8. The Morgan fingerprint density at radius 3 is 2.51 bits per heavy atom. The van der Waals surface area contributed by atoms with Gasteiger partial charge in [-0.05, 0) is 67.9 Å². The van der Waals surface area contributed by atoms with Crippen molar-refractivity contribution in [2.75, 3.05) is 6.54 Å². The molecule has 1 aliphatic heterocycles. The third-order valence-corrected chi connectivity index (χ3v) is 6.68. The molecule has 2 aromatic rings. The van der Waals surface area contributed by atoms with Crippen LogP contribution < -0.4 is 15.8 Å². The third kappa shape index (κ3) is 8.20. The van der Waals surface area contributed by atoms with Crippen LogP contribution in [0.2, 0.25) is 0 Å². The van der Waals surface area contributed by atoms with E-state index in [0.29, 0.717) is 38.1 Å². The summed E-state index contributed by atoms with van der Waals surface area (Å²) in [6.45, 7) is 8.75. The summed E-state index contributed by atoms with van der Waals surface area (Å²) in [6.07, 6.45) is 4.69. The van der Waals surface area contributed by atoms with Crippen molar-refractivity contribution in [3.05, 3.63) is 72.8 Å². The van der Waals surface area contributed by atoms with Crippen molar-refractivity contribution < 1.29 is 19.1 Å². The zero-order valence-electron chi connectivity index (χ0n) is 21.9. The van der Waals surface area contributed by atoms with Crippen LogP contribution in [0.15, 0.2) is 67.3 Å². The van der Waals surface area contributed by atoms with E-state index in [9.17, 15) is 14.4 Å². The van der Waals surface area contributed by atoms with Gasteiger partial charge in [0.25, 0.3) is 0 Å². The normalized spacial score (nSPS) is 17.5. The molecule has 0 aromatic heterocycles. The minimum absolute atomic E-state index is 0.108. The van der Waals surface area contributed by atoms with Crippen LogP contribution in [0.5, 0.6) is 11.5 Å². The van der Waals surface area contributed by atoms with Gasteiger partial charge in [0, 0.05) is 13.1 Å². The van der Waals surface area contributed by atoms with Gasteiger partial charge in [-0.15, -0.1) is 6.58 Å². The van der Waals surface area contributed by atoms with Gasteiger partial charge in [0.15, 0.2) is 0 Å². The number of hydrogen-bond donors (Lipinski definition) is 2. The van der Waals surface area contributed by atoms with E-state index in [0.717, 1.165) is 24.2 Å². The van der Waals surface area contributed by atoms with Crippen molar-refractivity contribution in [2.45, 2.75) is 58.5 Å². The number of rotatable bonds is 12. The quantitative estimate of drug-likeness (QED) is 0.404. The highest BCUT2D eigenvalue weighted by Gasteiger charge is 2.35. The van der Waals surface area contributed by atoms with Gasteiger partial charge in [-0.25, -0.2) is 0 Å². The van der Waals surface area contributed by atoms with Crippen LogP contribution in [-0.2, 0) is 20.9 Å². The Hall–Kier alpha value is -3.61. The van der Waals surface area contributed by atoms with Crippen LogP contribution in [0.4, 0.5) is 0 Å². The summed E-state index contributed by atoms with van der Waals surface area (Å²) >= 11 is 0. The zero-order chi connectivity index (χ0) is 26.8. The minimum Gasteiger partial charge on any atom is -0.457 e. The molecular weight excluding hydrogens is 466 g/mol. The summed E-state index contributed by atoms with van der Waals surface area (Å²) in [5.41, 5.74) is 6.59. The third-order valence-electron chi connectivity index (χ3n) is 6.68. The Balaban J connectivity index is 1.71. The highest BCUT2D eigenvalue weighted by molar-refractivity contribution is 5.91. The molecule has 0 bridgehead atoms. The maximum atomic E-state index is 13.5. The second kappa shape index (κ2) is 13.6. The molecule has 1 heterocycles. The summed E-state index contributed by atoms with van der Waals surface area (Å²) < 4.78 is 5.95. The maximum absolute atomic E-state index is 13.5. The number of primary amides is 1. The number of likely N-dealkylation sites (tertiary alicyclic amines) is 1. The van der Waals surface area contributed by atoms with Crippen LogP contribution >= 0.6 is 0 Å². The van der Waals surface area contributed by atoms with Crippen molar-refractivity contribution in [2.24, 2.45) is 23.5 Å². The number of nitrogens with zero attached hydrogens (tertiary/aromatic N) is 1. The molecule has 3 N–H and O–H groups in total. The summed E-state index contributed by atoms with van der Waals surface area (Å²) in [5, 5.41) is 2.97. The lowest BCUT2D eigenvalue weighted by atomic mass is 9.82. The summed E-state index contributed by atoms with van der Waals surface area (Å²) in [7, 11) is 0. The fraction of sp³-hybridized carbons (Fsp3) is 0.433. The summed E-state index contributed by atoms with van der Waals surface area (Å²) in [4.78, 5) is 40.8. The molecule has 2 aromatic carbocycles. The van der Waals surface area contributed by atoms with Crippen molar-refractivity contribution >= 4 is 17.7 Å². The van der Waals surface area contributed by atoms with Crippen LogP contribution in [0.25, 0.3) is 0 Å². The monoisotopic (exact) mass is 505 g/mol. The average molecular weight is 506 g/mol. The van der Waals surface area contributed by atoms with Gasteiger partial charge in [0.1, 0.15) is 17.5 Å². The number of benzene rings is 2. The fourth-order valence-electron chi connectivity index (χ4n) is 4.85. The van der Waals surface area contributed by atoms with Gasteiger partial charge in [-0.2, -0.15) is 0 Å². The molecule has 1 aliphatic rings.